The fourth-order valence-electron chi connectivity index (χ4n) is 1.22. The van der Waals surface area contributed by atoms with Crippen LogP contribution in [-0.2, 0) is 4.74 Å². The second kappa shape index (κ2) is 7.35. The van der Waals surface area contributed by atoms with Gasteiger partial charge < -0.3 is 4.74 Å². The van der Waals surface area contributed by atoms with Crippen molar-refractivity contribution in [1.82, 2.24) is 0 Å². The third kappa shape index (κ3) is 7.80. The molecule has 1 atom stereocenters. The van der Waals surface area contributed by atoms with Crippen molar-refractivity contribution in [1.29, 1.82) is 0 Å². The maximum Gasteiger partial charge on any atom is 0.0464 e. The molecule has 1 nitrogen and oxygen atoms in total. The van der Waals surface area contributed by atoms with Gasteiger partial charge in [0.25, 0.3) is 0 Å². The van der Waals surface area contributed by atoms with E-state index in [9.17, 15) is 0 Å². The van der Waals surface area contributed by atoms with Crippen LogP contribution >= 0.6 is 0 Å². The van der Waals surface area contributed by atoms with Crippen LogP contribution in [0.2, 0.25) is 0 Å². The van der Waals surface area contributed by atoms with E-state index >= 15 is 0 Å². The Balaban J connectivity index is 3.19. The molecule has 0 aromatic heterocycles. The Morgan fingerprint density at radius 2 is 2.08 bits per heavy atom. The molecule has 0 N–H and O–H groups in total. The minimum absolute atomic E-state index is 0.796. The van der Waals surface area contributed by atoms with Crippen LogP contribution in [0.3, 0.4) is 0 Å². The summed E-state index contributed by atoms with van der Waals surface area (Å²) in [4.78, 5) is 0. The minimum atomic E-state index is 0.796. The van der Waals surface area contributed by atoms with Gasteiger partial charge in [-0.3, -0.25) is 0 Å². The van der Waals surface area contributed by atoms with Crippen LogP contribution in [0.1, 0.15) is 39.5 Å². The van der Waals surface area contributed by atoms with E-state index in [4.69, 9.17) is 4.74 Å². The first-order valence-electron chi connectivity index (χ1n) is 4.80. The fraction of sp³-hybridized carbons (Fsp3) is 0.818. The van der Waals surface area contributed by atoms with Gasteiger partial charge in [-0.25, -0.2) is 0 Å². The number of methoxy groups -OCH3 is 1. The van der Waals surface area contributed by atoms with Gasteiger partial charge >= 0.3 is 0 Å². The number of ether oxygens (including phenoxy) is 1. The monoisotopic (exact) mass is 170 g/mol. The van der Waals surface area contributed by atoms with E-state index in [-0.39, 0.29) is 0 Å². The van der Waals surface area contributed by atoms with Crippen molar-refractivity contribution in [3.05, 3.63) is 12.2 Å². The van der Waals surface area contributed by atoms with Crippen molar-refractivity contribution in [2.45, 2.75) is 39.5 Å². The van der Waals surface area contributed by atoms with Crippen molar-refractivity contribution < 1.29 is 4.74 Å². The number of hydrogen-bond donors (Lipinski definition) is 0. The summed E-state index contributed by atoms with van der Waals surface area (Å²) in [6.45, 7) is 9.17. The highest BCUT2D eigenvalue weighted by Crippen LogP contribution is 2.13. The van der Waals surface area contributed by atoms with Gasteiger partial charge in [-0.2, -0.15) is 0 Å². The Kier molecular flexibility index (Phi) is 7.17. The fourth-order valence-corrected chi connectivity index (χ4v) is 1.22. The normalized spacial score (nSPS) is 12.9. The summed E-state index contributed by atoms with van der Waals surface area (Å²) in [6, 6.07) is 0. The van der Waals surface area contributed by atoms with Crippen molar-refractivity contribution >= 4 is 0 Å². The second-order valence-corrected chi connectivity index (χ2v) is 3.74. The van der Waals surface area contributed by atoms with E-state index in [1.54, 1.807) is 7.11 Å². The van der Waals surface area contributed by atoms with Crippen LogP contribution in [0.5, 0.6) is 0 Å². The van der Waals surface area contributed by atoms with Crippen LogP contribution < -0.4 is 0 Å². The number of allylic oxidation sites excluding steroid dienone is 1. The van der Waals surface area contributed by atoms with E-state index in [2.05, 4.69) is 20.4 Å². The predicted molar refractivity (Wildman–Crippen MR) is 54.3 cm³/mol. The third-order valence-electron chi connectivity index (χ3n) is 2.12. The lowest BCUT2D eigenvalue weighted by Gasteiger charge is -2.09. The zero-order valence-electron chi connectivity index (χ0n) is 8.73. The Morgan fingerprint density at radius 3 is 2.58 bits per heavy atom. The molecule has 0 saturated carbocycles. The Hall–Kier alpha value is -0.300. The van der Waals surface area contributed by atoms with E-state index in [0.717, 1.165) is 12.5 Å². The molecule has 12 heavy (non-hydrogen) atoms. The van der Waals surface area contributed by atoms with Gasteiger partial charge in [0, 0.05) is 13.7 Å². The molecule has 0 heterocycles. The van der Waals surface area contributed by atoms with Crippen molar-refractivity contribution in [3.8, 4) is 0 Å². The quantitative estimate of drug-likeness (QED) is 0.532. The summed E-state index contributed by atoms with van der Waals surface area (Å²) < 4.78 is 5.02. The van der Waals surface area contributed by atoms with Crippen LogP contribution in [0.25, 0.3) is 0 Å². The van der Waals surface area contributed by atoms with Gasteiger partial charge in [-0.1, -0.05) is 18.9 Å². The van der Waals surface area contributed by atoms with Gasteiger partial charge in [-0.15, -0.1) is 6.58 Å². The molecule has 0 aliphatic heterocycles. The summed E-state index contributed by atoms with van der Waals surface area (Å²) in [5.41, 5.74) is 1.30. The molecule has 0 bridgehead atoms. The molecule has 1 unspecified atom stereocenters. The molecule has 0 saturated heterocycles. The number of hydrogen-bond acceptors (Lipinski definition) is 1. The topological polar surface area (TPSA) is 9.23 Å². The minimum Gasteiger partial charge on any atom is -0.385 e. The summed E-state index contributed by atoms with van der Waals surface area (Å²) in [6.07, 6.45) is 4.94. The van der Waals surface area contributed by atoms with Gasteiger partial charge in [0.05, 0.1) is 0 Å². The molecule has 0 radical (unpaired) electrons. The molecule has 0 rings (SSSR count). The zero-order valence-corrected chi connectivity index (χ0v) is 8.73. The summed E-state index contributed by atoms with van der Waals surface area (Å²) >= 11 is 0. The Morgan fingerprint density at radius 1 is 1.42 bits per heavy atom. The highest BCUT2D eigenvalue weighted by Gasteiger charge is 2.00. The van der Waals surface area contributed by atoms with Crippen LogP contribution in [0.15, 0.2) is 12.2 Å². The largest absolute Gasteiger partial charge is 0.385 e. The highest BCUT2D eigenvalue weighted by molar-refractivity contribution is 4.87. The Bertz CT molecular complexity index is 118. The first-order chi connectivity index (χ1) is 5.66. The lowest BCUT2D eigenvalue weighted by atomic mass is 9.99. The first-order valence-corrected chi connectivity index (χ1v) is 4.80. The van der Waals surface area contributed by atoms with Gasteiger partial charge in [0.15, 0.2) is 0 Å². The van der Waals surface area contributed by atoms with Crippen molar-refractivity contribution in [3.63, 3.8) is 0 Å². The average molecular weight is 170 g/mol. The third-order valence-corrected chi connectivity index (χ3v) is 2.12. The molecule has 0 amide bonds. The van der Waals surface area contributed by atoms with E-state index in [0.29, 0.717) is 0 Å². The lowest BCUT2D eigenvalue weighted by Crippen LogP contribution is -1.99. The summed E-state index contributed by atoms with van der Waals surface area (Å²) in [5.74, 6) is 0.796. The molecule has 0 aliphatic rings. The summed E-state index contributed by atoms with van der Waals surface area (Å²) in [5, 5.41) is 0. The highest BCUT2D eigenvalue weighted by atomic mass is 16.5. The molecule has 0 fully saturated rings. The van der Waals surface area contributed by atoms with Crippen LogP contribution in [-0.4, -0.2) is 13.7 Å². The smallest absolute Gasteiger partial charge is 0.0464 e. The van der Waals surface area contributed by atoms with Crippen LogP contribution in [0, 0.1) is 5.92 Å². The molecule has 0 aromatic rings. The standard InChI is InChI=1S/C11H22O/c1-10(2)6-5-7-11(3)8-9-12-4/h11H,1,5-9H2,2-4H3. The molecule has 0 aliphatic carbocycles. The van der Waals surface area contributed by atoms with Crippen molar-refractivity contribution in [2.75, 3.05) is 13.7 Å². The Labute approximate surface area is 76.8 Å². The molecule has 1 heteroatoms. The van der Waals surface area contributed by atoms with Gasteiger partial charge in [0.1, 0.15) is 0 Å². The first kappa shape index (κ1) is 11.7. The SMILES string of the molecule is C=C(C)CCCC(C)CCOC. The molecular weight excluding hydrogens is 148 g/mol. The molecule has 0 spiro atoms. The van der Waals surface area contributed by atoms with Crippen LogP contribution in [0.4, 0.5) is 0 Å². The molecule has 0 aromatic carbocycles. The van der Waals surface area contributed by atoms with Gasteiger partial charge in [-0.05, 0) is 32.1 Å². The predicted octanol–water partition coefficient (Wildman–Crippen LogP) is 3.41. The van der Waals surface area contributed by atoms with E-state index < -0.39 is 0 Å². The molecule has 72 valence electrons. The maximum absolute atomic E-state index is 5.02. The maximum atomic E-state index is 5.02. The van der Waals surface area contributed by atoms with Gasteiger partial charge in [0.2, 0.25) is 0 Å². The lowest BCUT2D eigenvalue weighted by molar-refractivity contribution is 0.178. The van der Waals surface area contributed by atoms with Crippen molar-refractivity contribution in [2.24, 2.45) is 5.92 Å². The zero-order chi connectivity index (χ0) is 9.40. The molecular formula is C11H22O. The average Bonchev–Trinajstić information content (AvgIpc) is 2.00. The number of rotatable bonds is 7. The second-order valence-electron chi connectivity index (χ2n) is 3.74. The van der Waals surface area contributed by atoms with E-state index in [1.807, 2.05) is 0 Å². The van der Waals surface area contributed by atoms with E-state index in [1.165, 1.54) is 31.3 Å². The summed E-state index contributed by atoms with van der Waals surface area (Å²) in [7, 11) is 1.76.